The third-order valence-corrected chi connectivity index (χ3v) is 4.03. The van der Waals surface area contributed by atoms with Crippen LogP contribution in [-0.2, 0) is 4.79 Å². The molecule has 4 heteroatoms. The van der Waals surface area contributed by atoms with Crippen LogP contribution in [0.15, 0.2) is 24.3 Å². The van der Waals surface area contributed by atoms with Gasteiger partial charge in [0.15, 0.2) is 0 Å². The number of hydrogen-bond acceptors (Lipinski definition) is 3. The molecular formula is C15H20N2O2. The zero-order valence-corrected chi connectivity index (χ0v) is 11.0. The van der Waals surface area contributed by atoms with Gasteiger partial charge in [-0.15, -0.1) is 0 Å². The smallest absolute Gasteiger partial charge is 0.325 e. The van der Waals surface area contributed by atoms with Gasteiger partial charge in [0.25, 0.3) is 0 Å². The van der Waals surface area contributed by atoms with E-state index in [9.17, 15) is 9.90 Å². The van der Waals surface area contributed by atoms with E-state index < -0.39 is 12.0 Å². The summed E-state index contributed by atoms with van der Waals surface area (Å²) in [6.07, 6.45) is 2.49. The summed E-state index contributed by atoms with van der Waals surface area (Å²) >= 11 is 0. The first-order chi connectivity index (χ1) is 9.25. The molecule has 0 amide bonds. The van der Waals surface area contributed by atoms with Crippen molar-refractivity contribution in [2.75, 3.05) is 26.2 Å². The molecule has 1 saturated carbocycles. The second kappa shape index (κ2) is 5.31. The number of carboxylic acids is 1. The van der Waals surface area contributed by atoms with Crippen LogP contribution in [0.2, 0.25) is 0 Å². The molecule has 1 aromatic rings. The molecule has 3 rings (SSSR count). The third kappa shape index (κ3) is 2.80. The molecule has 19 heavy (non-hydrogen) atoms. The molecular weight excluding hydrogens is 240 g/mol. The number of nitrogens with zero attached hydrogens (tertiary/aromatic N) is 1. The summed E-state index contributed by atoms with van der Waals surface area (Å²) in [5.41, 5.74) is 2.23. The number of carboxylic acid groups (broad SMARTS) is 1. The standard InChI is InChI=1S/C15H20N2O2/c18-15(19)14(17-8-6-16-7-9-17)13-3-1-2-12(10-13)11-4-5-11/h1-3,10-11,14,16H,4-9H2,(H,18,19). The maximum absolute atomic E-state index is 11.6. The fraction of sp³-hybridized carbons (Fsp3) is 0.533. The highest BCUT2D eigenvalue weighted by Crippen LogP contribution is 2.40. The Labute approximate surface area is 113 Å². The lowest BCUT2D eigenvalue weighted by atomic mass is 10.00. The van der Waals surface area contributed by atoms with Gasteiger partial charge in [-0.1, -0.05) is 24.3 Å². The summed E-state index contributed by atoms with van der Waals surface area (Å²) in [6.45, 7) is 3.33. The van der Waals surface area contributed by atoms with Crippen molar-refractivity contribution in [1.82, 2.24) is 10.2 Å². The van der Waals surface area contributed by atoms with Crippen LogP contribution in [0.1, 0.15) is 35.9 Å². The van der Waals surface area contributed by atoms with Crippen molar-refractivity contribution < 1.29 is 9.90 Å². The van der Waals surface area contributed by atoms with Gasteiger partial charge < -0.3 is 10.4 Å². The fourth-order valence-electron chi connectivity index (χ4n) is 2.85. The molecule has 1 saturated heterocycles. The van der Waals surface area contributed by atoms with Gasteiger partial charge >= 0.3 is 5.97 Å². The molecule has 0 radical (unpaired) electrons. The van der Waals surface area contributed by atoms with Crippen LogP contribution in [0.25, 0.3) is 0 Å². The van der Waals surface area contributed by atoms with Crippen LogP contribution in [-0.4, -0.2) is 42.2 Å². The van der Waals surface area contributed by atoms with Crippen LogP contribution in [0.3, 0.4) is 0 Å². The number of rotatable bonds is 4. The molecule has 0 bridgehead atoms. The van der Waals surface area contributed by atoms with E-state index in [1.54, 1.807) is 0 Å². The fourth-order valence-corrected chi connectivity index (χ4v) is 2.85. The molecule has 0 aromatic heterocycles. The first-order valence-electron chi connectivity index (χ1n) is 7.03. The maximum Gasteiger partial charge on any atom is 0.325 e. The van der Waals surface area contributed by atoms with Gasteiger partial charge in [-0.25, -0.2) is 0 Å². The number of piperazine rings is 1. The van der Waals surface area contributed by atoms with Crippen molar-refractivity contribution >= 4 is 5.97 Å². The molecule has 0 spiro atoms. The van der Waals surface area contributed by atoms with Gasteiger partial charge in [0.1, 0.15) is 6.04 Å². The van der Waals surface area contributed by atoms with E-state index in [2.05, 4.69) is 22.3 Å². The van der Waals surface area contributed by atoms with Crippen molar-refractivity contribution in [2.45, 2.75) is 24.8 Å². The summed E-state index contributed by atoms with van der Waals surface area (Å²) < 4.78 is 0. The quantitative estimate of drug-likeness (QED) is 0.863. The van der Waals surface area contributed by atoms with E-state index in [4.69, 9.17) is 0 Å². The van der Waals surface area contributed by atoms with Crippen LogP contribution >= 0.6 is 0 Å². The summed E-state index contributed by atoms with van der Waals surface area (Å²) in [4.78, 5) is 13.7. The molecule has 1 aromatic carbocycles. The van der Waals surface area contributed by atoms with E-state index in [1.807, 2.05) is 12.1 Å². The van der Waals surface area contributed by atoms with Crippen molar-refractivity contribution in [3.05, 3.63) is 35.4 Å². The first-order valence-corrected chi connectivity index (χ1v) is 7.03. The molecule has 4 nitrogen and oxygen atoms in total. The summed E-state index contributed by atoms with van der Waals surface area (Å²) in [6, 6.07) is 7.67. The topological polar surface area (TPSA) is 52.6 Å². The highest BCUT2D eigenvalue weighted by atomic mass is 16.4. The third-order valence-electron chi connectivity index (χ3n) is 4.03. The molecule has 2 fully saturated rings. The number of nitrogens with one attached hydrogen (secondary N) is 1. The lowest BCUT2D eigenvalue weighted by molar-refractivity contribution is -0.143. The Morgan fingerprint density at radius 1 is 1.32 bits per heavy atom. The van der Waals surface area contributed by atoms with Gasteiger partial charge in [-0.3, -0.25) is 9.69 Å². The Morgan fingerprint density at radius 2 is 2.05 bits per heavy atom. The molecule has 2 N–H and O–H groups in total. The monoisotopic (exact) mass is 260 g/mol. The van der Waals surface area contributed by atoms with E-state index in [0.29, 0.717) is 5.92 Å². The van der Waals surface area contributed by atoms with Crippen molar-refractivity contribution in [3.63, 3.8) is 0 Å². The minimum atomic E-state index is -0.741. The normalized spacial score (nSPS) is 22.1. The van der Waals surface area contributed by atoms with E-state index in [1.165, 1.54) is 18.4 Å². The van der Waals surface area contributed by atoms with Crippen LogP contribution in [0.5, 0.6) is 0 Å². The van der Waals surface area contributed by atoms with Gasteiger partial charge in [-0.2, -0.15) is 0 Å². The second-order valence-electron chi connectivity index (χ2n) is 5.47. The van der Waals surface area contributed by atoms with Crippen molar-refractivity contribution in [3.8, 4) is 0 Å². The first kappa shape index (κ1) is 12.6. The van der Waals surface area contributed by atoms with Crippen LogP contribution < -0.4 is 5.32 Å². The van der Waals surface area contributed by atoms with E-state index in [-0.39, 0.29) is 0 Å². The largest absolute Gasteiger partial charge is 0.480 e. The van der Waals surface area contributed by atoms with Crippen molar-refractivity contribution in [1.29, 1.82) is 0 Å². The molecule has 1 unspecified atom stereocenters. The van der Waals surface area contributed by atoms with Gasteiger partial charge in [0.2, 0.25) is 0 Å². The maximum atomic E-state index is 11.6. The Bertz CT molecular complexity index is 465. The lowest BCUT2D eigenvalue weighted by Gasteiger charge is -2.32. The molecule has 1 heterocycles. The van der Waals surface area contributed by atoms with Crippen molar-refractivity contribution in [2.24, 2.45) is 0 Å². The van der Waals surface area contributed by atoms with Crippen LogP contribution in [0, 0.1) is 0 Å². The van der Waals surface area contributed by atoms with Gasteiger partial charge in [0.05, 0.1) is 0 Å². The Morgan fingerprint density at radius 3 is 2.68 bits per heavy atom. The average Bonchev–Trinajstić information content (AvgIpc) is 3.24. The molecule has 1 aliphatic carbocycles. The summed E-state index contributed by atoms with van der Waals surface area (Å²) in [5.74, 6) is -0.0766. The number of benzene rings is 1. The lowest BCUT2D eigenvalue weighted by Crippen LogP contribution is -2.47. The number of aliphatic carboxylic acids is 1. The summed E-state index contributed by atoms with van der Waals surface area (Å²) in [5, 5.41) is 12.8. The zero-order chi connectivity index (χ0) is 13.2. The van der Waals surface area contributed by atoms with E-state index >= 15 is 0 Å². The second-order valence-corrected chi connectivity index (χ2v) is 5.47. The highest BCUT2D eigenvalue weighted by molar-refractivity contribution is 5.75. The van der Waals surface area contributed by atoms with Crippen LogP contribution in [0.4, 0.5) is 0 Å². The molecule has 102 valence electrons. The minimum absolute atomic E-state index is 0.499. The van der Waals surface area contributed by atoms with E-state index in [0.717, 1.165) is 31.7 Å². The highest BCUT2D eigenvalue weighted by Gasteiger charge is 2.30. The number of hydrogen-bond donors (Lipinski definition) is 2. The Hall–Kier alpha value is -1.39. The molecule has 1 atom stereocenters. The predicted molar refractivity (Wildman–Crippen MR) is 73.2 cm³/mol. The minimum Gasteiger partial charge on any atom is -0.480 e. The SMILES string of the molecule is O=C(O)C(c1cccc(C2CC2)c1)N1CCNCC1. The average molecular weight is 260 g/mol. The number of carbonyl (C=O) groups is 1. The molecule has 1 aliphatic heterocycles. The molecule has 2 aliphatic rings. The predicted octanol–water partition coefficient (Wildman–Crippen LogP) is 1.59. The van der Waals surface area contributed by atoms with Gasteiger partial charge in [0, 0.05) is 26.2 Å². The Kier molecular flexibility index (Phi) is 3.53. The Balaban J connectivity index is 1.86. The summed E-state index contributed by atoms with van der Waals surface area (Å²) in [7, 11) is 0. The van der Waals surface area contributed by atoms with Gasteiger partial charge in [-0.05, 0) is 29.9 Å². The zero-order valence-electron chi connectivity index (χ0n) is 11.0.